The maximum atomic E-state index is 13.0. The normalized spacial score (nSPS) is 24.1. The standard InChI is InChI=1S/C18H30N4O4/c1-12-9-15-16(13(2)26-12)19-20-17(15)18(23)22-7-5-21(6-8-22)14(10-24-3)11-25-4/h12-14H,5-11H2,1-4H3,(H,19,20)/t12-,13+/m0/s1. The molecule has 0 spiro atoms. The van der Waals surface area contributed by atoms with Crippen LogP contribution >= 0.6 is 0 Å². The molecule has 1 aromatic heterocycles. The minimum Gasteiger partial charge on any atom is -0.383 e. The number of hydrogen-bond acceptors (Lipinski definition) is 6. The van der Waals surface area contributed by atoms with Crippen molar-refractivity contribution >= 4 is 5.91 Å². The van der Waals surface area contributed by atoms with Crippen molar-refractivity contribution in [3.05, 3.63) is 17.0 Å². The highest BCUT2D eigenvalue weighted by Crippen LogP contribution is 2.30. The van der Waals surface area contributed by atoms with Gasteiger partial charge in [-0.25, -0.2) is 0 Å². The maximum Gasteiger partial charge on any atom is 0.274 e. The van der Waals surface area contributed by atoms with Crippen molar-refractivity contribution in [1.29, 1.82) is 0 Å². The van der Waals surface area contributed by atoms with Gasteiger partial charge in [0.25, 0.3) is 5.91 Å². The number of carbonyl (C=O) groups excluding carboxylic acids is 1. The number of methoxy groups -OCH3 is 2. The van der Waals surface area contributed by atoms with Crippen molar-refractivity contribution < 1.29 is 19.0 Å². The Labute approximate surface area is 154 Å². The molecular formula is C18H30N4O4. The van der Waals surface area contributed by atoms with Crippen LogP contribution in [0, 0.1) is 0 Å². The van der Waals surface area contributed by atoms with E-state index in [9.17, 15) is 4.79 Å². The van der Waals surface area contributed by atoms with Crippen molar-refractivity contribution in [3.8, 4) is 0 Å². The van der Waals surface area contributed by atoms with Gasteiger partial charge in [-0.05, 0) is 13.8 Å². The second kappa shape index (κ2) is 8.47. The number of fused-ring (bicyclic) bond motifs is 1. The molecule has 2 atom stereocenters. The van der Waals surface area contributed by atoms with Gasteiger partial charge in [0.1, 0.15) is 0 Å². The fourth-order valence-electron chi connectivity index (χ4n) is 3.93. The first kappa shape index (κ1) is 19.3. The van der Waals surface area contributed by atoms with Gasteiger partial charge in [-0.15, -0.1) is 0 Å². The van der Waals surface area contributed by atoms with Crippen LogP contribution in [0.25, 0.3) is 0 Å². The molecule has 3 heterocycles. The van der Waals surface area contributed by atoms with E-state index in [2.05, 4.69) is 15.1 Å². The molecule has 0 aromatic carbocycles. The van der Waals surface area contributed by atoms with Gasteiger partial charge in [-0.3, -0.25) is 14.8 Å². The summed E-state index contributed by atoms with van der Waals surface area (Å²) >= 11 is 0. The number of H-pyrrole nitrogens is 1. The number of nitrogens with one attached hydrogen (secondary N) is 1. The van der Waals surface area contributed by atoms with Crippen LogP contribution in [0.2, 0.25) is 0 Å². The molecule has 2 aliphatic heterocycles. The van der Waals surface area contributed by atoms with Crippen LogP contribution in [-0.4, -0.2) is 91.7 Å². The molecule has 8 heteroatoms. The number of rotatable bonds is 6. The molecule has 0 saturated carbocycles. The van der Waals surface area contributed by atoms with Crippen molar-refractivity contribution in [2.45, 2.75) is 38.5 Å². The van der Waals surface area contributed by atoms with Crippen LogP contribution in [0.15, 0.2) is 0 Å². The third-order valence-corrected chi connectivity index (χ3v) is 5.27. The van der Waals surface area contributed by atoms with E-state index in [0.29, 0.717) is 32.0 Å². The number of nitrogens with zero attached hydrogens (tertiary/aromatic N) is 3. The zero-order valence-electron chi connectivity index (χ0n) is 16.2. The predicted molar refractivity (Wildman–Crippen MR) is 96.3 cm³/mol. The highest BCUT2D eigenvalue weighted by atomic mass is 16.5. The van der Waals surface area contributed by atoms with Crippen molar-refractivity contribution in [1.82, 2.24) is 20.0 Å². The van der Waals surface area contributed by atoms with Crippen LogP contribution in [-0.2, 0) is 20.6 Å². The summed E-state index contributed by atoms with van der Waals surface area (Å²) in [6, 6.07) is 0.222. The van der Waals surface area contributed by atoms with Gasteiger partial charge >= 0.3 is 0 Å². The number of aromatic nitrogens is 2. The number of amides is 1. The lowest BCUT2D eigenvalue weighted by Crippen LogP contribution is -2.54. The summed E-state index contributed by atoms with van der Waals surface area (Å²) in [5.41, 5.74) is 2.51. The summed E-state index contributed by atoms with van der Waals surface area (Å²) in [6.07, 6.45) is 0.770. The summed E-state index contributed by atoms with van der Waals surface area (Å²) in [7, 11) is 3.41. The molecule has 0 radical (unpaired) electrons. The van der Waals surface area contributed by atoms with Gasteiger partial charge in [-0.1, -0.05) is 0 Å². The zero-order valence-corrected chi connectivity index (χ0v) is 16.2. The van der Waals surface area contributed by atoms with Gasteiger partial charge in [0, 0.05) is 52.4 Å². The molecule has 1 amide bonds. The molecule has 8 nitrogen and oxygen atoms in total. The van der Waals surface area contributed by atoms with E-state index in [1.165, 1.54) is 0 Å². The lowest BCUT2D eigenvalue weighted by atomic mass is 9.99. The monoisotopic (exact) mass is 366 g/mol. The van der Waals surface area contributed by atoms with E-state index in [1.807, 2.05) is 18.7 Å². The van der Waals surface area contributed by atoms with E-state index in [1.54, 1.807) is 14.2 Å². The molecule has 1 aromatic rings. The van der Waals surface area contributed by atoms with Gasteiger partial charge < -0.3 is 19.1 Å². The fraction of sp³-hybridized carbons (Fsp3) is 0.778. The molecule has 26 heavy (non-hydrogen) atoms. The Kier molecular flexibility index (Phi) is 6.29. The zero-order chi connectivity index (χ0) is 18.7. The fourth-order valence-corrected chi connectivity index (χ4v) is 3.93. The minimum atomic E-state index is -0.0523. The van der Waals surface area contributed by atoms with E-state index < -0.39 is 0 Å². The lowest BCUT2D eigenvalue weighted by molar-refractivity contribution is -0.00712. The number of aromatic amines is 1. The highest BCUT2D eigenvalue weighted by Gasteiger charge is 2.33. The van der Waals surface area contributed by atoms with Crippen molar-refractivity contribution in [2.24, 2.45) is 0 Å². The minimum absolute atomic E-state index is 0.0125. The lowest BCUT2D eigenvalue weighted by Gasteiger charge is -2.38. The first-order chi connectivity index (χ1) is 12.5. The van der Waals surface area contributed by atoms with Crippen LogP contribution < -0.4 is 0 Å². The van der Waals surface area contributed by atoms with Gasteiger partial charge in [-0.2, -0.15) is 5.10 Å². The molecule has 1 saturated heterocycles. The molecular weight excluding hydrogens is 336 g/mol. The summed E-state index contributed by atoms with van der Waals surface area (Å²) in [5.74, 6) is 0.0125. The summed E-state index contributed by atoms with van der Waals surface area (Å²) in [4.78, 5) is 17.2. The Balaban J connectivity index is 1.64. The van der Waals surface area contributed by atoms with Gasteiger partial charge in [0.15, 0.2) is 5.69 Å². The topological polar surface area (TPSA) is 79.9 Å². The number of ether oxygens (including phenoxy) is 3. The Bertz CT molecular complexity index is 606. The smallest absolute Gasteiger partial charge is 0.274 e. The maximum absolute atomic E-state index is 13.0. The molecule has 146 valence electrons. The van der Waals surface area contributed by atoms with Crippen LogP contribution in [0.4, 0.5) is 0 Å². The van der Waals surface area contributed by atoms with Crippen LogP contribution in [0.3, 0.4) is 0 Å². The predicted octanol–water partition coefficient (Wildman–Crippen LogP) is 0.851. The quantitative estimate of drug-likeness (QED) is 0.804. The summed E-state index contributed by atoms with van der Waals surface area (Å²) in [6.45, 7) is 8.28. The molecule has 0 bridgehead atoms. The SMILES string of the molecule is COCC(COC)N1CCN(C(=O)c2n[nH]c3c2C[C@H](C)O[C@@H]3C)CC1. The largest absolute Gasteiger partial charge is 0.383 e. The Morgan fingerprint density at radius 1 is 1.23 bits per heavy atom. The highest BCUT2D eigenvalue weighted by molar-refractivity contribution is 5.94. The van der Waals surface area contributed by atoms with Crippen LogP contribution in [0.1, 0.15) is 41.7 Å². The van der Waals surface area contributed by atoms with E-state index >= 15 is 0 Å². The Hall–Kier alpha value is -1.48. The van der Waals surface area contributed by atoms with E-state index in [0.717, 1.165) is 30.8 Å². The molecule has 3 rings (SSSR count). The number of hydrogen-bond donors (Lipinski definition) is 1. The molecule has 0 unspecified atom stereocenters. The summed E-state index contributed by atoms with van der Waals surface area (Å²) < 4.78 is 16.4. The van der Waals surface area contributed by atoms with Crippen molar-refractivity contribution in [2.75, 3.05) is 53.6 Å². The second-order valence-corrected chi connectivity index (χ2v) is 7.15. The Morgan fingerprint density at radius 2 is 1.88 bits per heavy atom. The molecule has 1 fully saturated rings. The average Bonchev–Trinajstić information content (AvgIpc) is 3.05. The van der Waals surface area contributed by atoms with E-state index in [4.69, 9.17) is 14.2 Å². The van der Waals surface area contributed by atoms with E-state index in [-0.39, 0.29) is 24.2 Å². The Morgan fingerprint density at radius 3 is 2.50 bits per heavy atom. The second-order valence-electron chi connectivity index (χ2n) is 7.15. The number of carbonyl (C=O) groups is 1. The molecule has 1 N–H and O–H groups in total. The molecule has 2 aliphatic rings. The van der Waals surface area contributed by atoms with Gasteiger partial charge in [0.05, 0.1) is 37.2 Å². The van der Waals surface area contributed by atoms with Crippen molar-refractivity contribution in [3.63, 3.8) is 0 Å². The van der Waals surface area contributed by atoms with Gasteiger partial charge in [0.2, 0.25) is 0 Å². The first-order valence-electron chi connectivity index (χ1n) is 9.28. The first-order valence-corrected chi connectivity index (χ1v) is 9.28. The number of piperazine rings is 1. The van der Waals surface area contributed by atoms with Crippen LogP contribution in [0.5, 0.6) is 0 Å². The summed E-state index contributed by atoms with van der Waals surface area (Å²) in [5, 5.41) is 7.33. The molecule has 0 aliphatic carbocycles. The average molecular weight is 366 g/mol. The third kappa shape index (κ3) is 3.93. The third-order valence-electron chi connectivity index (χ3n) is 5.27.